The highest BCUT2D eigenvalue weighted by Gasteiger charge is 2.55. The second-order valence-electron chi connectivity index (χ2n) is 9.03. The van der Waals surface area contributed by atoms with Crippen LogP contribution in [-0.2, 0) is 20.9 Å². The number of fused-ring (bicyclic) bond motifs is 1. The van der Waals surface area contributed by atoms with Crippen molar-refractivity contribution in [3.63, 3.8) is 0 Å². The van der Waals surface area contributed by atoms with Crippen LogP contribution in [0.25, 0.3) is 0 Å². The van der Waals surface area contributed by atoms with Crippen LogP contribution in [0, 0.1) is 0 Å². The minimum atomic E-state index is -1.98. The molecular formula is C27H37NO4Si. The van der Waals surface area contributed by atoms with Crippen LogP contribution in [-0.4, -0.2) is 33.3 Å². The van der Waals surface area contributed by atoms with Crippen LogP contribution in [0.4, 0.5) is 10.5 Å². The number of para-hydroxylation sites is 1. The van der Waals surface area contributed by atoms with E-state index in [0.29, 0.717) is 0 Å². The van der Waals surface area contributed by atoms with Gasteiger partial charge in [-0.05, 0) is 17.2 Å². The van der Waals surface area contributed by atoms with E-state index in [9.17, 15) is 9.59 Å². The number of anilines is 1. The Kier molecular flexibility index (Phi) is 8.72. The largest absolute Gasteiger partial charge is 0.467 e. The molecule has 6 heteroatoms. The lowest BCUT2D eigenvalue weighted by Crippen LogP contribution is -2.54. The fourth-order valence-corrected chi connectivity index (χ4v) is 12.3. The minimum absolute atomic E-state index is 0.00488. The van der Waals surface area contributed by atoms with Gasteiger partial charge in [-0.2, -0.15) is 0 Å². The van der Waals surface area contributed by atoms with Crippen molar-refractivity contribution in [1.29, 1.82) is 0 Å². The van der Waals surface area contributed by atoms with E-state index in [2.05, 4.69) is 26.8 Å². The van der Waals surface area contributed by atoms with Crippen molar-refractivity contribution >= 4 is 25.8 Å². The molecule has 1 aliphatic heterocycles. The van der Waals surface area contributed by atoms with Crippen molar-refractivity contribution in [2.24, 2.45) is 0 Å². The van der Waals surface area contributed by atoms with Gasteiger partial charge < -0.3 is 9.47 Å². The molecule has 0 N–H and O–H groups in total. The number of esters is 1. The number of hydrogen-bond donors (Lipinski definition) is 0. The van der Waals surface area contributed by atoms with Crippen molar-refractivity contribution in [2.75, 3.05) is 12.0 Å². The maximum Gasteiger partial charge on any atom is 0.415 e. The van der Waals surface area contributed by atoms with Crippen LogP contribution < -0.4 is 4.90 Å². The second-order valence-corrected chi connectivity index (χ2v) is 13.9. The van der Waals surface area contributed by atoms with E-state index in [-0.39, 0.29) is 18.1 Å². The van der Waals surface area contributed by atoms with Gasteiger partial charge in [0.05, 0.1) is 20.9 Å². The second kappa shape index (κ2) is 11.5. The Morgan fingerprint density at radius 2 is 1.45 bits per heavy atom. The molecule has 0 unspecified atom stereocenters. The van der Waals surface area contributed by atoms with Crippen molar-refractivity contribution < 1.29 is 19.1 Å². The predicted molar refractivity (Wildman–Crippen MR) is 135 cm³/mol. The number of amides is 1. The molecule has 1 amide bonds. The third-order valence-corrected chi connectivity index (χ3v) is 13.3. The van der Waals surface area contributed by atoms with Gasteiger partial charge in [0.25, 0.3) is 0 Å². The van der Waals surface area contributed by atoms with E-state index >= 15 is 0 Å². The van der Waals surface area contributed by atoms with E-state index in [4.69, 9.17) is 9.47 Å². The van der Waals surface area contributed by atoms with Crippen LogP contribution in [0.3, 0.4) is 0 Å². The van der Waals surface area contributed by atoms with Crippen molar-refractivity contribution in [2.45, 2.75) is 76.4 Å². The molecule has 0 radical (unpaired) electrons. The van der Waals surface area contributed by atoms with Gasteiger partial charge in [-0.3, -0.25) is 4.90 Å². The highest BCUT2D eigenvalue weighted by molar-refractivity contribution is 6.82. The lowest BCUT2D eigenvalue weighted by molar-refractivity contribution is -0.142. The van der Waals surface area contributed by atoms with Gasteiger partial charge in [-0.25, -0.2) is 9.59 Å². The first-order valence-electron chi connectivity index (χ1n) is 12.2. The number of nitrogens with zero attached hydrogens (tertiary/aromatic N) is 1. The number of hydrogen-bond acceptors (Lipinski definition) is 4. The Balaban J connectivity index is 2.06. The van der Waals surface area contributed by atoms with Crippen LogP contribution in [0.1, 0.15) is 56.7 Å². The third kappa shape index (κ3) is 5.16. The molecule has 2 aromatic carbocycles. The smallest absolute Gasteiger partial charge is 0.415 e. The van der Waals surface area contributed by atoms with Gasteiger partial charge in [0.1, 0.15) is 12.6 Å². The Bertz CT molecular complexity index is 916. The first-order valence-corrected chi connectivity index (χ1v) is 14.9. The molecule has 0 aliphatic carbocycles. The summed E-state index contributed by atoms with van der Waals surface area (Å²) in [5.41, 5.74) is 2.81. The standard InChI is InChI=1S/C27H37NO4Si/c1-5-17-33(18-6-2,19-7-3)25-22-15-11-12-16-23(22)28(24(25)26(29)31-4)27(30)32-20-21-13-9-8-10-14-21/h8-16,24-25H,5-7,17-20H2,1-4H3/t24-,25-/m1/s1. The van der Waals surface area contributed by atoms with Gasteiger partial charge in [-0.15, -0.1) is 0 Å². The maximum atomic E-state index is 13.5. The van der Waals surface area contributed by atoms with E-state index in [1.54, 1.807) is 4.90 Å². The third-order valence-electron chi connectivity index (χ3n) is 6.87. The highest BCUT2D eigenvalue weighted by atomic mass is 28.3. The van der Waals surface area contributed by atoms with E-state index in [1.807, 2.05) is 48.5 Å². The molecule has 1 aliphatic rings. The summed E-state index contributed by atoms with van der Waals surface area (Å²) in [6.45, 7) is 6.85. The highest BCUT2D eigenvalue weighted by Crippen LogP contribution is 2.51. The molecule has 33 heavy (non-hydrogen) atoms. The first-order chi connectivity index (χ1) is 16.0. The molecule has 3 rings (SSSR count). The number of carbonyl (C=O) groups is 2. The van der Waals surface area contributed by atoms with Crippen LogP contribution in [0.5, 0.6) is 0 Å². The topological polar surface area (TPSA) is 55.8 Å². The average molecular weight is 468 g/mol. The molecule has 0 saturated carbocycles. The van der Waals surface area contributed by atoms with Gasteiger partial charge in [-0.1, -0.05) is 107 Å². The summed E-state index contributed by atoms with van der Waals surface area (Å²) < 4.78 is 11.0. The summed E-state index contributed by atoms with van der Waals surface area (Å²) in [7, 11) is -0.565. The number of benzene rings is 2. The van der Waals surface area contributed by atoms with E-state index in [0.717, 1.165) is 54.2 Å². The molecule has 0 fully saturated rings. The number of carbonyl (C=O) groups excluding carboxylic acids is 2. The quantitative estimate of drug-likeness (QED) is 0.289. The van der Waals surface area contributed by atoms with E-state index in [1.165, 1.54) is 7.11 Å². The lowest BCUT2D eigenvalue weighted by atomic mass is 10.1. The van der Waals surface area contributed by atoms with Crippen molar-refractivity contribution in [3.8, 4) is 0 Å². The van der Waals surface area contributed by atoms with Crippen molar-refractivity contribution in [1.82, 2.24) is 0 Å². The molecule has 178 valence electrons. The Morgan fingerprint density at radius 3 is 2.03 bits per heavy atom. The zero-order chi connectivity index (χ0) is 23.8. The van der Waals surface area contributed by atoms with Gasteiger partial charge in [0.15, 0.2) is 0 Å². The molecule has 0 saturated heterocycles. The summed E-state index contributed by atoms with van der Waals surface area (Å²) in [5, 5.41) is 0. The SMILES string of the molecule is CCC[Si](CCC)(CCC)[C@@H]1c2ccccc2N(C(=O)OCc2ccccc2)[C@H]1C(=O)OC. The van der Waals surface area contributed by atoms with E-state index < -0.39 is 20.2 Å². The summed E-state index contributed by atoms with van der Waals surface area (Å²) in [6.07, 6.45) is 2.75. The summed E-state index contributed by atoms with van der Waals surface area (Å²) in [4.78, 5) is 28.3. The number of rotatable bonds is 10. The fourth-order valence-electron chi connectivity index (χ4n) is 5.80. The minimum Gasteiger partial charge on any atom is -0.467 e. The maximum absolute atomic E-state index is 13.5. The Labute approximate surface area is 199 Å². The van der Waals surface area contributed by atoms with Gasteiger partial charge >= 0.3 is 12.1 Å². The molecule has 0 bridgehead atoms. The average Bonchev–Trinajstić information content (AvgIpc) is 3.19. The van der Waals surface area contributed by atoms with Gasteiger partial charge in [0, 0.05) is 5.54 Å². The normalized spacial score (nSPS) is 17.5. The molecule has 0 spiro atoms. The van der Waals surface area contributed by atoms with Crippen LogP contribution in [0.2, 0.25) is 18.1 Å². The molecule has 0 aromatic heterocycles. The molecule has 2 aromatic rings. The molecule has 2 atom stereocenters. The number of methoxy groups -OCH3 is 1. The van der Waals surface area contributed by atoms with Crippen LogP contribution >= 0.6 is 0 Å². The zero-order valence-electron chi connectivity index (χ0n) is 20.4. The summed E-state index contributed by atoms with van der Waals surface area (Å²) >= 11 is 0. The van der Waals surface area contributed by atoms with Gasteiger partial charge in [0.2, 0.25) is 0 Å². The Morgan fingerprint density at radius 1 is 0.879 bits per heavy atom. The lowest BCUT2D eigenvalue weighted by Gasteiger charge is -2.40. The summed E-state index contributed by atoms with van der Waals surface area (Å²) in [5.74, 6) is -0.354. The molecule has 5 nitrogen and oxygen atoms in total. The predicted octanol–water partition coefficient (Wildman–Crippen LogP) is 6.69. The van der Waals surface area contributed by atoms with Crippen LogP contribution in [0.15, 0.2) is 54.6 Å². The van der Waals surface area contributed by atoms with Crippen molar-refractivity contribution in [3.05, 3.63) is 65.7 Å². The summed E-state index contributed by atoms with van der Waals surface area (Å²) in [6, 6.07) is 20.3. The fraction of sp³-hybridized carbons (Fsp3) is 0.481. The zero-order valence-corrected chi connectivity index (χ0v) is 21.4. The number of ether oxygens (including phenoxy) is 2. The first kappa shape index (κ1) is 25.0. The molecule has 1 heterocycles. The Hall–Kier alpha value is -2.60. The molecular weight excluding hydrogens is 430 g/mol. The monoisotopic (exact) mass is 467 g/mol.